The molecule has 1 atom stereocenters. The normalized spacial score (nSPS) is 12.6. The summed E-state index contributed by atoms with van der Waals surface area (Å²) < 4.78 is 4.64. The number of nitriles is 1. The van der Waals surface area contributed by atoms with Crippen LogP contribution in [0, 0.1) is 21.4 Å². The van der Waals surface area contributed by atoms with Gasteiger partial charge in [-0.3, -0.25) is 14.9 Å². The second kappa shape index (κ2) is 7.56. The molecule has 0 aliphatic carbocycles. The zero-order chi connectivity index (χ0) is 17.6. The van der Waals surface area contributed by atoms with E-state index in [2.05, 4.69) is 10.1 Å². The lowest BCUT2D eigenvalue weighted by atomic mass is 9.95. The van der Waals surface area contributed by atoms with Crippen molar-refractivity contribution in [2.24, 2.45) is 0 Å². The van der Waals surface area contributed by atoms with Crippen molar-refractivity contribution in [1.29, 1.82) is 5.26 Å². The highest BCUT2D eigenvalue weighted by atomic mass is 35.5. The summed E-state index contributed by atoms with van der Waals surface area (Å²) in [6.07, 6.45) is 0.0598. The summed E-state index contributed by atoms with van der Waals surface area (Å²) in [5.41, 5.74) is -1.88. The Kier molecular flexibility index (Phi) is 6.04. The van der Waals surface area contributed by atoms with Crippen LogP contribution in [0.15, 0.2) is 18.2 Å². The standard InChI is InChI=1S/C14H14ClN3O5/c1-14(6-3-7-16,13(20)23-2)17-12(19)9-4-5-10(15)11(8-9)18(21)22/h4-5,8H,3,6H2,1-2H3,(H,17,19)/t14-/m1/s1. The predicted molar refractivity (Wildman–Crippen MR) is 80.8 cm³/mol. The summed E-state index contributed by atoms with van der Waals surface area (Å²) >= 11 is 5.69. The quantitative estimate of drug-likeness (QED) is 0.481. The van der Waals surface area contributed by atoms with E-state index in [9.17, 15) is 19.7 Å². The van der Waals surface area contributed by atoms with Gasteiger partial charge in [0.05, 0.1) is 18.1 Å². The van der Waals surface area contributed by atoms with Crippen LogP contribution in [0.1, 0.15) is 30.1 Å². The summed E-state index contributed by atoms with van der Waals surface area (Å²) in [7, 11) is 1.16. The number of nitrogens with one attached hydrogen (secondary N) is 1. The molecule has 122 valence electrons. The summed E-state index contributed by atoms with van der Waals surface area (Å²) in [5.74, 6) is -1.43. The number of nitro benzene ring substituents is 1. The number of ether oxygens (including phenoxy) is 1. The molecule has 1 aromatic carbocycles. The zero-order valence-corrected chi connectivity index (χ0v) is 13.2. The van der Waals surface area contributed by atoms with Crippen molar-refractivity contribution in [1.82, 2.24) is 5.32 Å². The molecule has 0 aliphatic rings. The third-order valence-electron chi connectivity index (χ3n) is 3.17. The van der Waals surface area contributed by atoms with E-state index in [1.54, 1.807) is 0 Å². The number of halogens is 1. The van der Waals surface area contributed by atoms with Crippen LogP contribution >= 0.6 is 11.6 Å². The summed E-state index contributed by atoms with van der Waals surface area (Å²) in [6.45, 7) is 1.42. The number of carbonyl (C=O) groups is 2. The van der Waals surface area contributed by atoms with Gasteiger partial charge in [0.2, 0.25) is 0 Å². The fourth-order valence-electron chi connectivity index (χ4n) is 1.86. The lowest BCUT2D eigenvalue weighted by Gasteiger charge is -2.27. The minimum Gasteiger partial charge on any atom is -0.467 e. The van der Waals surface area contributed by atoms with Crippen LogP contribution in [0.3, 0.4) is 0 Å². The second-order valence-corrected chi connectivity index (χ2v) is 5.27. The Hall–Kier alpha value is -2.66. The largest absolute Gasteiger partial charge is 0.467 e. The Balaban J connectivity index is 3.08. The van der Waals surface area contributed by atoms with E-state index < -0.39 is 28.0 Å². The fourth-order valence-corrected chi connectivity index (χ4v) is 2.05. The molecule has 8 nitrogen and oxygen atoms in total. The lowest BCUT2D eigenvalue weighted by Crippen LogP contribution is -2.52. The molecule has 0 aromatic heterocycles. The second-order valence-electron chi connectivity index (χ2n) is 4.86. The Bertz CT molecular complexity index is 685. The summed E-state index contributed by atoms with van der Waals surface area (Å²) in [4.78, 5) is 34.3. The molecule has 1 amide bonds. The van der Waals surface area contributed by atoms with Crippen LogP contribution in [0.4, 0.5) is 5.69 Å². The van der Waals surface area contributed by atoms with Gasteiger partial charge >= 0.3 is 5.97 Å². The van der Waals surface area contributed by atoms with Gasteiger partial charge in [-0.15, -0.1) is 0 Å². The molecule has 1 N–H and O–H groups in total. The number of rotatable bonds is 6. The third kappa shape index (κ3) is 4.40. The molecule has 0 heterocycles. The average Bonchev–Trinajstić information content (AvgIpc) is 2.52. The molecule has 0 spiro atoms. The zero-order valence-electron chi connectivity index (χ0n) is 12.5. The number of carbonyl (C=O) groups excluding carboxylic acids is 2. The number of esters is 1. The van der Waals surface area contributed by atoms with Crippen LogP contribution in [-0.2, 0) is 9.53 Å². The van der Waals surface area contributed by atoms with Crippen molar-refractivity contribution in [3.63, 3.8) is 0 Å². The van der Waals surface area contributed by atoms with Crippen molar-refractivity contribution in [3.05, 3.63) is 38.9 Å². The lowest BCUT2D eigenvalue weighted by molar-refractivity contribution is -0.384. The van der Waals surface area contributed by atoms with Crippen molar-refractivity contribution in [3.8, 4) is 6.07 Å². The monoisotopic (exact) mass is 339 g/mol. The van der Waals surface area contributed by atoms with Gasteiger partial charge < -0.3 is 10.1 Å². The molecule has 0 fully saturated rings. The first-order valence-corrected chi connectivity index (χ1v) is 6.85. The number of hydrogen-bond acceptors (Lipinski definition) is 6. The number of nitrogens with zero attached hydrogens (tertiary/aromatic N) is 2. The van der Waals surface area contributed by atoms with Gasteiger partial charge in [0, 0.05) is 18.1 Å². The highest BCUT2D eigenvalue weighted by Gasteiger charge is 2.36. The van der Waals surface area contributed by atoms with E-state index in [1.807, 2.05) is 6.07 Å². The van der Waals surface area contributed by atoms with E-state index in [-0.39, 0.29) is 23.4 Å². The first-order valence-electron chi connectivity index (χ1n) is 6.47. The van der Waals surface area contributed by atoms with E-state index >= 15 is 0 Å². The van der Waals surface area contributed by atoms with E-state index in [0.29, 0.717) is 0 Å². The van der Waals surface area contributed by atoms with Gasteiger partial charge in [-0.1, -0.05) is 11.6 Å². The van der Waals surface area contributed by atoms with Crippen LogP contribution in [0.2, 0.25) is 5.02 Å². The average molecular weight is 340 g/mol. The van der Waals surface area contributed by atoms with Gasteiger partial charge in [0.15, 0.2) is 0 Å². The molecule has 0 aliphatic heterocycles. The first kappa shape index (κ1) is 18.4. The maximum absolute atomic E-state index is 12.3. The van der Waals surface area contributed by atoms with Gasteiger partial charge in [0.1, 0.15) is 10.6 Å². The molecule has 0 bridgehead atoms. The van der Waals surface area contributed by atoms with Crippen LogP contribution < -0.4 is 5.32 Å². The molecule has 23 heavy (non-hydrogen) atoms. The minimum atomic E-state index is -1.42. The minimum absolute atomic E-state index is 0.0205. The fraction of sp³-hybridized carbons (Fsp3) is 0.357. The number of benzene rings is 1. The Morgan fingerprint density at radius 1 is 1.52 bits per heavy atom. The van der Waals surface area contributed by atoms with Crippen molar-refractivity contribution >= 4 is 29.2 Å². The smallest absolute Gasteiger partial charge is 0.331 e. The molecule has 0 unspecified atom stereocenters. The van der Waals surface area contributed by atoms with E-state index in [4.69, 9.17) is 16.9 Å². The molecule has 1 rings (SSSR count). The van der Waals surface area contributed by atoms with Crippen LogP contribution in [0.5, 0.6) is 0 Å². The van der Waals surface area contributed by atoms with Crippen molar-refractivity contribution in [2.75, 3.05) is 7.11 Å². The molecule has 0 saturated heterocycles. The Labute approximate surface area is 137 Å². The number of amides is 1. The molecule has 9 heteroatoms. The summed E-state index contributed by atoms with van der Waals surface area (Å²) in [6, 6.07) is 5.41. The maximum atomic E-state index is 12.3. The maximum Gasteiger partial charge on any atom is 0.331 e. The number of nitro groups is 1. The topological polar surface area (TPSA) is 122 Å². The van der Waals surface area contributed by atoms with Crippen molar-refractivity contribution in [2.45, 2.75) is 25.3 Å². The van der Waals surface area contributed by atoms with Crippen molar-refractivity contribution < 1.29 is 19.2 Å². The Morgan fingerprint density at radius 2 is 2.17 bits per heavy atom. The molecular weight excluding hydrogens is 326 g/mol. The number of hydrogen-bond donors (Lipinski definition) is 1. The summed E-state index contributed by atoms with van der Waals surface area (Å²) in [5, 5.41) is 21.9. The van der Waals surface area contributed by atoms with Crippen LogP contribution in [0.25, 0.3) is 0 Å². The Morgan fingerprint density at radius 3 is 2.70 bits per heavy atom. The van der Waals surface area contributed by atoms with Gasteiger partial charge in [0.25, 0.3) is 11.6 Å². The predicted octanol–water partition coefficient (Wildman–Crippen LogP) is 2.21. The third-order valence-corrected chi connectivity index (χ3v) is 3.49. The molecular formula is C14H14ClN3O5. The molecule has 0 radical (unpaired) electrons. The number of methoxy groups -OCH3 is 1. The van der Waals surface area contributed by atoms with E-state index in [0.717, 1.165) is 13.2 Å². The van der Waals surface area contributed by atoms with Gasteiger partial charge in [-0.05, 0) is 25.5 Å². The van der Waals surface area contributed by atoms with Crippen LogP contribution in [-0.4, -0.2) is 29.4 Å². The highest BCUT2D eigenvalue weighted by molar-refractivity contribution is 6.32. The highest BCUT2D eigenvalue weighted by Crippen LogP contribution is 2.25. The SMILES string of the molecule is COC(=O)[C@@](C)(CCC#N)NC(=O)c1ccc(Cl)c([N+](=O)[O-])c1. The van der Waals surface area contributed by atoms with E-state index in [1.165, 1.54) is 19.1 Å². The molecule has 1 aromatic rings. The van der Waals surface area contributed by atoms with Gasteiger partial charge in [-0.25, -0.2) is 4.79 Å². The first-order chi connectivity index (χ1) is 10.7. The van der Waals surface area contributed by atoms with Gasteiger partial charge in [-0.2, -0.15) is 5.26 Å². The molecule has 0 saturated carbocycles.